The van der Waals surface area contributed by atoms with Gasteiger partial charge in [0, 0.05) is 17.1 Å². The molecule has 0 aliphatic carbocycles. The molecule has 2 N–H and O–H groups in total. The van der Waals surface area contributed by atoms with Crippen molar-refractivity contribution in [2.75, 3.05) is 6.54 Å². The molecule has 0 aliphatic rings. The predicted molar refractivity (Wildman–Crippen MR) is 82.2 cm³/mol. The number of carboxylic acid groups (broad SMARTS) is 1. The molecule has 1 aromatic carbocycles. The Morgan fingerprint density at radius 1 is 1.35 bits per heavy atom. The summed E-state index contributed by atoms with van der Waals surface area (Å²) in [4.78, 5) is 22.1. The second kappa shape index (κ2) is 8.53. The molecule has 4 nitrogen and oxygen atoms in total. The van der Waals surface area contributed by atoms with Gasteiger partial charge in [0.1, 0.15) is 0 Å². The number of aliphatic carboxylic acids is 1. The summed E-state index contributed by atoms with van der Waals surface area (Å²) in [6.07, 6.45) is 4.43. The average Bonchev–Trinajstić information content (AvgIpc) is 2.42. The highest BCUT2D eigenvalue weighted by molar-refractivity contribution is 9.10. The molecule has 1 amide bonds. The van der Waals surface area contributed by atoms with Crippen molar-refractivity contribution >= 4 is 33.9 Å². The Kier molecular flexibility index (Phi) is 7.01. The molecule has 0 spiro atoms. The fraction of sp³-hybridized carbons (Fsp3) is 0.333. The summed E-state index contributed by atoms with van der Waals surface area (Å²) in [5, 5.41) is 11.4. The molecule has 1 atom stereocenters. The Morgan fingerprint density at radius 3 is 2.60 bits per heavy atom. The van der Waals surface area contributed by atoms with E-state index in [1.807, 2.05) is 24.3 Å². The van der Waals surface area contributed by atoms with Gasteiger partial charge in [-0.2, -0.15) is 0 Å². The van der Waals surface area contributed by atoms with Crippen molar-refractivity contribution in [3.8, 4) is 0 Å². The SMILES string of the molecule is CC(CCCNC(=O)/C=C/c1ccc(Br)cc1)C(=O)O. The van der Waals surface area contributed by atoms with E-state index in [9.17, 15) is 9.59 Å². The van der Waals surface area contributed by atoms with Crippen LogP contribution in [0.3, 0.4) is 0 Å². The highest BCUT2D eigenvalue weighted by Gasteiger charge is 2.09. The molecule has 5 heteroatoms. The molecule has 0 heterocycles. The minimum absolute atomic E-state index is 0.170. The number of hydrogen-bond donors (Lipinski definition) is 2. The van der Waals surface area contributed by atoms with Gasteiger partial charge in [-0.15, -0.1) is 0 Å². The standard InChI is InChI=1S/C15H18BrNO3/c1-11(15(19)20)3-2-10-17-14(18)9-6-12-4-7-13(16)8-5-12/h4-9,11H,2-3,10H2,1H3,(H,17,18)(H,19,20)/b9-6+. The van der Waals surface area contributed by atoms with Crippen LogP contribution in [0.5, 0.6) is 0 Å². The van der Waals surface area contributed by atoms with Crippen molar-refractivity contribution in [2.45, 2.75) is 19.8 Å². The maximum absolute atomic E-state index is 11.5. The van der Waals surface area contributed by atoms with Gasteiger partial charge in [0.25, 0.3) is 0 Å². The van der Waals surface area contributed by atoms with E-state index >= 15 is 0 Å². The molecule has 0 fully saturated rings. The highest BCUT2D eigenvalue weighted by Crippen LogP contribution is 2.11. The Balaban J connectivity index is 2.26. The average molecular weight is 340 g/mol. The maximum atomic E-state index is 11.5. The third kappa shape index (κ3) is 6.52. The topological polar surface area (TPSA) is 66.4 Å². The zero-order chi connectivity index (χ0) is 15.0. The van der Waals surface area contributed by atoms with E-state index in [0.29, 0.717) is 19.4 Å². The van der Waals surface area contributed by atoms with Crippen molar-refractivity contribution in [3.05, 3.63) is 40.4 Å². The summed E-state index contributed by atoms with van der Waals surface area (Å²) in [5.74, 6) is -1.34. The number of amides is 1. The molecule has 1 rings (SSSR count). The van der Waals surface area contributed by atoms with Crippen LogP contribution in [0.4, 0.5) is 0 Å². The number of benzene rings is 1. The summed E-state index contributed by atoms with van der Waals surface area (Å²) in [6, 6.07) is 7.63. The third-order valence-corrected chi connectivity index (χ3v) is 3.36. The Bertz CT molecular complexity index is 482. The minimum atomic E-state index is -0.800. The third-order valence-electron chi connectivity index (χ3n) is 2.83. The van der Waals surface area contributed by atoms with Crippen LogP contribution in [0, 0.1) is 5.92 Å². The highest BCUT2D eigenvalue weighted by atomic mass is 79.9. The van der Waals surface area contributed by atoms with Crippen molar-refractivity contribution in [2.24, 2.45) is 5.92 Å². The Labute approximate surface area is 127 Å². The summed E-state index contributed by atoms with van der Waals surface area (Å²) in [7, 11) is 0. The molecule has 1 aromatic rings. The molecule has 20 heavy (non-hydrogen) atoms. The van der Waals surface area contributed by atoms with Crippen LogP contribution in [0.15, 0.2) is 34.8 Å². The van der Waals surface area contributed by atoms with Crippen LogP contribution in [-0.2, 0) is 9.59 Å². The van der Waals surface area contributed by atoms with Gasteiger partial charge in [0.2, 0.25) is 5.91 Å². The van der Waals surface area contributed by atoms with E-state index in [1.165, 1.54) is 6.08 Å². The summed E-state index contributed by atoms with van der Waals surface area (Å²) >= 11 is 3.34. The van der Waals surface area contributed by atoms with Crippen molar-refractivity contribution in [1.82, 2.24) is 5.32 Å². The number of carbonyl (C=O) groups is 2. The van der Waals surface area contributed by atoms with E-state index < -0.39 is 5.97 Å². The van der Waals surface area contributed by atoms with Crippen LogP contribution in [-0.4, -0.2) is 23.5 Å². The van der Waals surface area contributed by atoms with Gasteiger partial charge in [0.05, 0.1) is 5.92 Å². The van der Waals surface area contributed by atoms with Gasteiger partial charge in [0.15, 0.2) is 0 Å². The molecule has 0 radical (unpaired) electrons. The number of hydrogen-bond acceptors (Lipinski definition) is 2. The number of carbonyl (C=O) groups excluding carboxylic acids is 1. The van der Waals surface area contributed by atoms with Gasteiger partial charge in [-0.1, -0.05) is 35.0 Å². The zero-order valence-corrected chi connectivity index (χ0v) is 12.9. The first-order valence-corrected chi connectivity index (χ1v) is 7.22. The van der Waals surface area contributed by atoms with Crippen LogP contribution >= 0.6 is 15.9 Å². The van der Waals surface area contributed by atoms with Crippen molar-refractivity contribution in [1.29, 1.82) is 0 Å². The fourth-order valence-corrected chi connectivity index (χ4v) is 1.81. The van der Waals surface area contributed by atoms with Gasteiger partial charge >= 0.3 is 5.97 Å². The number of halogens is 1. The fourth-order valence-electron chi connectivity index (χ4n) is 1.55. The normalized spacial score (nSPS) is 12.3. The monoisotopic (exact) mass is 339 g/mol. The zero-order valence-electron chi connectivity index (χ0n) is 11.3. The molecule has 0 saturated heterocycles. The van der Waals surface area contributed by atoms with Crippen molar-refractivity contribution < 1.29 is 14.7 Å². The van der Waals surface area contributed by atoms with E-state index in [0.717, 1.165) is 10.0 Å². The van der Waals surface area contributed by atoms with Gasteiger partial charge in [-0.05, 0) is 36.6 Å². The number of carboxylic acids is 1. The first-order chi connectivity index (χ1) is 9.49. The smallest absolute Gasteiger partial charge is 0.306 e. The van der Waals surface area contributed by atoms with E-state index in [2.05, 4.69) is 21.2 Å². The second-order valence-corrected chi connectivity index (χ2v) is 5.47. The first kappa shape index (κ1) is 16.4. The summed E-state index contributed by atoms with van der Waals surface area (Å²) in [5.41, 5.74) is 0.947. The first-order valence-electron chi connectivity index (χ1n) is 6.43. The lowest BCUT2D eigenvalue weighted by Gasteiger charge is -2.05. The molecule has 0 bridgehead atoms. The summed E-state index contributed by atoms with van der Waals surface area (Å²) < 4.78 is 0.992. The minimum Gasteiger partial charge on any atom is -0.481 e. The lowest BCUT2D eigenvalue weighted by Crippen LogP contribution is -2.23. The van der Waals surface area contributed by atoms with Gasteiger partial charge in [-0.25, -0.2) is 0 Å². The number of nitrogens with one attached hydrogen (secondary N) is 1. The molecular formula is C15H18BrNO3. The Hall–Kier alpha value is -1.62. The maximum Gasteiger partial charge on any atom is 0.306 e. The van der Waals surface area contributed by atoms with Gasteiger partial charge in [-0.3, -0.25) is 9.59 Å². The molecule has 0 saturated carbocycles. The summed E-state index contributed by atoms with van der Waals surface area (Å²) in [6.45, 7) is 2.15. The second-order valence-electron chi connectivity index (χ2n) is 4.56. The molecular weight excluding hydrogens is 322 g/mol. The largest absolute Gasteiger partial charge is 0.481 e. The Morgan fingerprint density at radius 2 is 2.00 bits per heavy atom. The molecule has 0 aromatic heterocycles. The van der Waals surface area contributed by atoms with Crippen LogP contribution in [0.1, 0.15) is 25.3 Å². The van der Waals surface area contributed by atoms with Crippen LogP contribution in [0.25, 0.3) is 6.08 Å². The quantitative estimate of drug-likeness (QED) is 0.592. The lowest BCUT2D eigenvalue weighted by molar-refractivity contribution is -0.141. The molecule has 0 aliphatic heterocycles. The van der Waals surface area contributed by atoms with Crippen LogP contribution in [0.2, 0.25) is 0 Å². The van der Waals surface area contributed by atoms with Crippen molar-refractivity contribution in [3.63, 3.8) is 0 Å². The van der Waals surface area contributed by atoms with E-state index in [1.54, 1.807) is 13.0 Å². The van der Waals surface area contributed by atoms with E-state index in [-0.39, 0.29) is 11.8 Å². The number of rotatable bonds is 7. The predicted octanol–water partition coefficient (Wildman–Crippen LogP) is 3.08. The molecule has 1 unspecified atom stereocenters. The molecule has 108 valence electrons. The van der Waals surface area contributed by atoms with Crippen LogP contribution < -0.4 is 5.32 Å². The van der Waals surface area contributed by atoms with E-state index in [4.69, 9.17) is 5.11 Å². The van der Waals surface area contributed by atoms with Gasteiger partial charge < -0.3 is 10.4 Å². The lowest BCUT2D eigenvalue weighted by atomic mass is 10.1.